The molecule has 4 nitrogen and oxygen atoms in total. The van der Waals surface area contributed by atoms with Gasteiger partial charge in [0, 0.05) is 10.0 Å². The third-order valence-electron chi connectivity index (χ3n) is 3.21. The van der Waals surface area contributed by atoms with Crippen molar-refractivity contribution < 1.29 is 18.7 Å². The molecule has 2 aromatic rings. The number of rotatable bonds is 4. The van der Waals surface area contributed by atoms with E-state index in [4.69, 9.17) is 4.74 Å². The Morgan fingerprint density at radius 2 is 1.92 bits per heavy atom. The Morgan fingerprint density at radius 3 is 2.58 bits per heavy atom. The zero-order chi connectivity index (χ0) is 17.1. The number of thioether (sulfide) groups is 1. The Labute approximate surface area is 150 Å². The van der Waals surface area contributed by atoms with E-state index < -0.39 is 11.1 Å². The molecule has 3 rings (SSSR count). The fourth-order valence-electron chi connectivity index (χ4n) is 2.07. The van der Waals surface area contributed by atoms with E-state index in [1.807, 2.05) is 6.07 Å². The SMILES string of the molecule is O=C1NC(=O)/C(=C\c2cc(Br)ccc2OCc2ccc(F)cc2)S1. The van der Waals surface area contributed by atoms with Crippen molar-refractivity contribution in [1.82, 2.24) is 5.32 Å². The number of ether oxygens (including phenoxy) is 1. The summed E-state index contributed by atoms with van der Waals surface area (Å²) in [6.45, 7) is 0.260. The van der Waals surface area contributed by atoms with Crippen molar-refractivity contribution in [2.24, 2.45) is 0 Å². The van der Waals surface area contributed by atoms with Crippen molar-refractivity contribution in [2.75, 3.05) is 0 Å². The van der Waals surface area contributed by atoms with E-state index in [0.29, 0.717) is 16.2 Å². The van der Waals surface area contributed by atoms with E-state index >= 15 is 0 Å². The van der Waals surface area contributed by atoms with Crippen LogP contribution < -0.4 is 10.1 Å². The first kappa shape index (κ1) is 16.7. The number of benzene rings is 2. The summed E-state index contributed by atoms with van der Waals surface area (Å²) in [6.07, 6.45) is 1.61. The Balaban J connectivity index is 1.83. The highest BCUT2D eigenvalue weighted by Gasteiger charge is 2.25. The molecule has 1 aliphatic rings. The molecule has 1 heterocycles. The summed E-state index contributed by atoms with van der Waals surface area (Å²) < 4.78 is 19.5. The molecule has 2 aromatic carbocycles. The van der Waals surface area contributed by atoms with Gasteiger partial charge in [-0.25, -0.2) is 4.39 Å². The minimum Gasteiger partial charge on any atom is -0.488 e. The van der Waals surface area contributed by atoms with Crippen molar-refractivity contribution in [3.63, 3.8) is 0 Å². The maximum atomic E-state index is 12.9. The molecule has 0 saturated carbocycles. The Morgan fingerprint density at radius 1 is 1.17 bits per heavy atom. The van der Waals surface area contributed by atoms with Crippen LogP contribution in [0.25, 0.3) is 6.08 Å². The monoisotopic (exact) mass is 407 g/mol. The van der Waals surface area contributed by atoms with Gasteiger partial charge < -0.3 is 4.74 Å². The van der Waals surface area contributed by atoms with Gasteiger partial charge in [0.15, 0.2) is 0 Å². The van der Waals surface area contributed by atoms with E-state index in [2.05, 4.69) is 21.2 Å². The summed E-state index contributed by atoms with van der Waals surface area (Å²) in [5.41, 5.74) is 1.49. The van der Waals surface area contributed by atoms with Crippen LogP contribution in [0, 0.1) is 5.82 Å². The standard InChI is InChI=1S/C17H11BrFNO3S/c18-12-3-6-14(23-9-10-1-4-13(19)5-2-10)11(7-12)8-15-16(21)20-17(22)24-15/h1-8H,9H2,(H,20,21,22)/b15-8+. The van der Waals surface area contributed by atoms with Gasteiger partial charge in [-0.1, -0.05) is 28.1 Å². The topological polar surface area (TPSA) is 55.4 Å². The number of amides is 2. The molecule has 0 spiro atoms. The fourth-order valence-corrected chi connectivity index (χ4v) is 3.12. The highest BCUT2D eigenvalue weighted by molar-refractivity contribution is 9.10. The molecule has 1 saturated heterocycles. The van der Waals surface area contributed by atoms with Gasteiger partial charge in [0.2, 0.25) is 0 Å². The summed E-state index contributed by atoms with van der Waals surface area (Å²) in [4.78, 5) is 23.3. The summed E-state index contributed by atoms with van der Waals surface area (Å²) in [6, 6.07) is 11.4. The number of carbonyl (C=O) groups excluding carboxylic acids is 2. The lowest BCUT2D eigenvalue weighted by Crippen LogP contribution is -2.17. The van der Waals surface area contributed by atoms with E-state index in [1.165, 1.54) is 12.1 Å². The van der Waals surface area contributed by atoms with Crippen LogP contribution >= 0.6 is 27.7 Å². The highest BCUT2D eigenvalue weighted by Crippen LogP contribution is 2.31. The molecule has 7 heteroatoms. The summed E-state index contributed by atoms with van der Waals surface area (Å²) in [5.74, 6) is -0.168. The zero-order valence-electron chi connectivity index (χ0n) is 12.2. The smallest absolute Gasteiger partial charge is 0.290 e. The lowest BCUT2D eigenvalue weighted by molar-refractivity contribution is -0.115. The van der Waals surface area contributed by atoms with E-state index in [1.54, 1.807) is 30.3 Å². The van der Waals surface area contributed by atoms with Gasteiger partial charge in [0.1, 0.15) is 18.2 Å². The molecule has 2 amide bonds. The Hall–Kier alpha value is -2.12. The van der Waals surface area contributed by atoms with E-state index in [0.717, 1.165) is 21.8 Å². The lowest BCUT2D eigenvalue weighted by atomic mass is 10.2. The van der Waals surface area contributed by atoms with Gasteiger partial charge in [0.05, 0.1) is 4.91 Å². The van der Waals surface area contributed by atoms with Gasteiger partial charge in [-0.3, -0.25) is 14.9 Å². The van der Waals surface area contributed by atoms with Gasteiger partial charge in [-0.2, -0.15) is 0 Å². The van der Waals surface area contributed by atoms with Gasteiger partial charge in [0.25, 0.3) is 11.1 Å². The maximum absolute atomic E-state index is 12.9. The average Bonchev–Trinajstić information content (AvgIpc) is 2.86. The maximum Gasteiger partial charge on any atom is 0.290 e. The van der Waals surface area contributed by atoms with Gasteiger partial charge in [-0.05, 0) is 53.7 Å². The van der Waals surface area contributed by atoms with Crippen LogP contribution in [0.5, 0.6) is 5.75 Å². The Bertz CT molecular complexity index is 836. The second kappa shape index (κ2) is 7.19. The molecule has 0 bridgehead atoms. The third-order valence-corrected chi connectivity index (χ3v) is 4.51. The number of halogens is 2. The van der Waals surface area contributed by atoms with Crippen molar-refractivity contribution in [3.05, 3.63) is 68.8 Å². The average molecular weight is 408 g/mol. The first-order valence-electron chi connectivity index (χ1n) is 6.93. The molecule has 1 fully saturated rings. The Kier molecular flexibility index (Phi) is 5.01. The molecule has 1 aliphatic heterocycles. The predicted molar refractivity (Wildman–Crippen MR) is 94.0 cm³/mol. The predicted octanol–water partition coefficient (Wildman–Crippen LogP) is 4.49. The largest absolute Gasteiger partial charge is 0.488 e. The first-order valence-corrected chi connectivity index (χ1v) is 8.54. The molecule has 122 valence electrons. The zero-order valence-corrected chi connectivity index (χ0v) is 14.6. The normalized spacial score (nSPS) is 15.7. The van der Waals surface area contributed by atoms with E-state index in [9.17, 15) is 14.0 Å². The molecule has 0 aromatic heterocycles. The van der Waals surface area contributed by atoms with Crippen molar-refractivity contribution in [1.29, 1.82) is 0 Å². The fraction of sp³-hybridized carbons (Fsp3) is 0.0588. The number of carbonyl (C=O) groups is 2. The first-order chi connectivity index (χ1) is 11.5. The van der Waals surface area contributed by atoms with Crippen LogP contribution in [0.3, 0.4) is 0 Å². The summed E-state index contributed by atoms with van der Waals surface area (Å²) in [5, 5.41) is 1.82. The quantitative estimate of drug-likeness (QED) is 0.758. The number of hydrogen-bond donors (Lipinski definition) is 1. The van der Waals surface area contributed by atoms with Crippen LogP contribution in [-0.2, 0) is 11.4 Å². The minimum absolute atomic E-state index is 0.260. The van der Waals surface area contributed by atoms with Crippen molar-refractivity contribution in [2.45, 2.75) is 6.61 Å². The van der Waals surface area contributed by atoms with E-state index in [-0.39, 0.29) is 12.4 Å². The van der Waals surface area contributed by atoms with Crippen LogP contribution in [0.15, 0.2) is 51.8 Å². The molecule has 0 atom stereocenters. The second-order valence-electron chi connectivity index (χ2n) is 4.95. The minimum atomic E-state index is -0.422. The number of imide groups is 1. The lowest BCUT2D eigenvalue weighted by Gasteiger charge is -2.10. The molecule has 0 radical (unpaired) electrons. The molecule has 1 N–H and O–H groups in total. The molecular formula is C17H11BrFNO3S. The summed E-state index contributed by atoms with van der Waals surface area (Å²) in [7, 11) is 0. The third kappa shape index (κ3) is 4.04. The molecule has 0 unspecified atom stereocenters. The van der Waals surface area contributed by atoms with Gasteiger partial charge in [-0.15, -0.1) is 0 Å². The highest BCUT2D eigenvalue weighted by atomic mass is 79.9. The summed E-state index contributed by atoms with van der Waals surface area (Å²) >= 11 is 4.22. The van der Waals surface area contributed by atoms with Crippen LogP contribution in [-0.4, -0.2) is 11.1 Å². The van der Waals surface area contributed by atoms with Crippen molar-refractivity contribution in [3.8, 4) is 5.75 Å². The van der Waals surface area contributed by atoms with Gasteiger partial charge >= 0.3 is 0 Å². The van der Waals surface area contributed by atoms with Crippen molar-refractivity contribution >= 4 is 44.9 Å². The molecule has 24 heavy (non-hydrogen) atoms. The molecular weight excluding hydrogens is 397 g/mol. The number of nitrogens with one attached hydrogen (secondary N) is 1. The van der Waals surface area contributed by atoms with Crippen LogP contribution in [0.1, 0.15) is 11.1 Å². The van der Waals surface area contributed by atoms with Crippen LogP contribution in [0.4, 0.5) is 9.18 Å². The second-order valence-corrected chi connectivity index (χ2v) is 6.88. The molecule has 0 aliphatic carbocycles. The number of hydrogen-bond acceptors (Lipinski definition) is 4. The van der Waals surface area contributed by atoms with Crippen LogP contribution in [0.2, 0.25) is 0 Å².